The predicted octanol–water partition coefficient (Wildman–Crippen LogP) is 3.28. The molecule has 84 valence electrons. The van der Waals surface area contributed by atoms with E-state index in [4.69, 9.17) is 0 Å². The average Bonchev–Trinajstić information content (AvgIpc) is 2.27. The molecule has 0 atom stereocenters. The van der Waals surface area contributed by atoms with E-state index >= 15 is 0 Å². The number of halogens is 1. The molecular weight excluding hydrogens is 272 g/mol. The number of thioether (sulfide) groups is 1. The molecule has 0 unspecified atom stereocenters. The summed E-state index contributed by atoms with van der Waals surface area (Å²) in [5, 5.41) is 0. The molecule has 0 spiro atoms. The van der Waals surface area contributed by atoms with Gasteiger partial charge >= 0.3 is 0 Å². The van der Waals surface area contributed by atoms with E-state index in [1.807, 2.05) is 24.2 Å². The van der Waals surface area contributed by atoms with Crippen LogP contribution in [0.4, 0.5) is 0 Å². The Bertz CT molecular complexity index is 290. The number of nitrogens with zero attached hydrogens (tertiary/aromatic N) is 2. The van der Waals surface area contributed by atoms with Crippen molar-refractivity contribution in [3.05, 3.63) is 22.9 Å². The van der Waals surface area contributed by atoms with Crippen molar-refractivity contribution in [2.75, 3.05) is 25.4 Å². The van der Waals surface area contributed by atoms with E-state index in [1.54, 1.807) is 0 Å². The molecule has 15 heavy (non-hydrogen) atoms. The molecule has 1 heterocycles. The van der Waals surface area contributed by atoms with Gasteiger partial charge < -0.3 is 4.90 Å². The molecule has 0 fully saturated rings. The maximum atomic E-state index is 4.05. The van der Waals surface area contributed by atoms with Crippen molar-refractivity contribution in [3.8, 4) is 0 Å². The standard InChI is InChI=1S/C11H17BrN2S/c1-3-14(4-2)7-8-15-11-5-6-13-9-10(11)12/h5-6,9H,3-4,7-8H2,1-2H3. The number of rotatable bonds is 6. The van der Waals surface area contributed by atoms with Gasteiger partial charge in [-0.15, -0.1) is 11.8 Å². The Kier molecular flexibility index (Phi) is 6.29. The van der Waals surface area contributed by atoms with Gasteiger partial charge in [0.25, 0.3) is 0 Å². The Labute approximate surface area is 105 Å². The van der Waals surface area contributed by atoms with Crippen LogP contribution in [0.5, 0.6) is 0 Å². The van der Waals surface area contributed by atoms with E-state index in [0.717, 1.165) is 29.9 Å². The molecule has 0 saturated carbocycles. The van der Waals surface area contributed by atoms with Gasteiger partial charge in [0.05, 0.1) is 0 Å². The van der Waals surface area contributed by atoms with Crippen molar-refractivity contribution in [1.82, 2.24) is 9.88 Å². The second kappa shape index (κ2) is 7.25. The number of hydrogen-bond donors (Lipinski definition) is 0. The van der Waals surface area contributed by atoms with Crippen LogP contribution in [0, 0.1) is 0 Å². The first-order valence-corrected chi connectivity index (χ1v) is 7.00. The Hall–Kier alpha value is -0.0600. The summed E-state index contributed by atoms with van der Waals surface area (Å²) in [7, 11) is 0. The van der Waals surface area contributed by atoms with Crippen LogP contribution in [0.2, 0.25) is 0 Å². The lowest BCUT2D eigenvalue weighted by Gasteiger charge is -2.17. The van der Waals surface area contributed by atoms with E-state index in [0.29, 0.717) is 0 Å². The smallest absolute Gasteiger partial charge is 0.0494 e. The molecule has 1 aromatic rings. The van der Waals surface area contributed by atoms with Gasteiger partial charge in [0.15, 0.2) is 0 Å². The van der Waals surface area contributed by atoms with Gasteiger partial charge in [-0.2, -0.15) is 0 Å². The third kappa shape index (κ3) is 4.53. The Morgan fingerprint density at radius 3 is 2.73 bits per heavy atom. The van der Waals surface area contributed by atoms with Crippen LogP contribution < -0.4 is 0 Å². The zero-order chi connectivity index (χ0) is 11.1. The van der Waals surface area contributed by atoms with Gasteiger partial charge in [-0.1, -0.05) is 13.8 Å². The Morgan fingerprint density at radius 1 is 1.40 bits per heavy atom. The molecule has 1 rings (SSSR count). The normalized spacial score (nSPS) is 10.9. The van der Waals surface area contributed by atoms with Gasteiger partial charge in [0, 0.05) is 34.1 Å². The molecule has 0 amide bonds. The average molecular weight is 289 g/mol. The molecular formula is C11H17BrN2S. The minimum absolute atomic E-state index is 1.09. The predicted molar refractivity (Wildman–Crippen MR) is 70.4 cm³/mol. The van der Waals surface area contributed by atoms with Crippen LogP contribution in [0.3, 0.4) is 0 Å². The topological polar surface area (TPSA) is 16.1 Å². The van der Waals surface area contributed by atoms with E-state index in [9.17, 15) is 0 Å². The summed E-state index contributed by atoms with van der Waals surface area (Å²) < 4.78 is 1.09. The maximum Gasteiger partial charge on any atom is 0.0494 e. The monoisotopic (exact) mass is 288 g/mol. The second-order valence-corrected chi connectivity index (χ2v) is 5.17. The highest BCUT2D eigenvalue weighted by molar-refractivity contribution is 9.10. The lowest BCUT2D eigenvalue weighted by molar-refractivity contribution is 0.324. The van der Waals surface area contributed by atoms with Crippen LogP contribution >= 0.6 is 27.7 Å². The third-order valence-corrected chi connectivity index (χ3v) is 4.24. The molecule has 0 aliphatic heterocycles. The van der Waals surface area contributed by atoms with Crippen molar-refractivity contribution >= 4 is 27.7 Å². The number of hydrogen-bond acceptors (Lipinski definition) is 3. The summed E-state index contributed by atoms with van der Waals surface area (Å²) in [4.78, 5) is 7.76. The SMILES string of the molecule is CCN(CC)CCSc1ccncc1Br. The maximum absolute atomic E-state index is 4.05. The zero-order valence-electron chi connectivity index (χ0n) is 9.24. The van der Waals surface area contributed by atoms with Gasteiger partial charge in [0.2, 0.25) is 0 Å². The van der Waals surface area contributed by atoms with E-state index < -0.39 is 0 Å². The highest BCUT2D eigenvalue weighted by Gasteiger charge is 2.02. The van der Waals surface area contributed by atoms with Gasteiger partial charge in [-0.3, -0.25) is 4.98 Å². The van der Waals surface area contributed by atoms with Crippen molar-refractivity contribution in [2.45, 2.75) is 18.7 Å². The highest BCUT2D eigenvalue weighted by atomic mass is 79.9. The highest BCUT2D eigenvalue weighted by Crippen LogP contribution is 2.25. The van der Waals surface area contributed by atoms with Crippen molar-refractivity contribution < 1.29 is 0 Å². The first-order chi connectivity index (χ1) is 7.27. The number of aromatic nitrogens is 1. The van der Waals surface area contributed by atoms with Gasteiger partial charge in [-0.25, -0.2) is 0 Å². The quantitative estimate of drug-likeness (QED) is 0.748. The van der Waals surface area contributed by atoms with Crippen molar-refractivity contribution in [3.63, 3.8) is 0 Å². The minimum atomic E-state index is 1.09. The minimum Gasteiger partial charge on any atom is -0.303 e. The summed E-state index contributed by atoms with van der Waals surface area (Å²) in [6.45, 7) is 7.82. The molecule has 0 N–H and O–H groups in total. The van der Waals surface area contributed by atoms with Crippen LogP contribution in [-0.2, 0) is 0 Å². The molecule has 0 aliphatic rings. The summed E-state index contributed by atoms with van der Waals surface area (Å²) >= 11 is 5.38. The molecule has 4 heteroatoms. The number of pyridine rings is 1. The second-order valence-electron chi connectivity index (χ2n) is 3.18. The van der Waals surface area contributed by atoms with E-state index in [-0.39, 0.29) is 0 Å². The molecule has 0 aliphatic carbocycles. The van der Waals surface area contributed by atoms with Crippen molar-refractivity contribution in [1.29, 1.82) is 0 Å². The largest absolute Gasteiger partial charge is 0.303 e. The summed E-state index contributed by atoms with van der Waals surface area (Å²) in [6, 6.07) is 2.05. The molecule has 0 bridgehead atoms. The van der Waals surface area contributed by atoms with Crippen LogP contribution in [-0.4, -0.2) is 35.3 Å². The van der Waals surface area contributed by atoms with Gasteiger partial charge in [0.1, 0.15) is 0 Å². The molecule has 0 aromatic carbocycles. The van der Waals surface area contributed by atoms with Crippen molar-refractivity contribution in [2.24, 2.45) is 0 Å². The van der Waals surface area contributed by atoms with Crippen LogP contribution in [0.25, 0.3) is 0 Å². The zero-order valence-corrected chi connectivity index (χ0v) is 11.6. The summed E-state index contributed by atoms with van der Waals surface area (Å²) in [5.74, 6) is 1.13. The Balaban J connectivity index is 2.34. The Morgan fingerprint density at radius 2 is 2.13 bits per heavy atom. The first-order valence-electron chi connectivity index (χ1n) is 5.22. The summed E-state index contributed by atoms with van der Waals surface area (Å²) in [5.41, 5.74) is 0. The molecule has 0 saturated heterocycles. The van der Waals surface area contributed by atoms with E-state index in [1.165, 1.54) is 4.90 Å². The lowest BCUT2D eigenvalue weighted by Crippen LogP contribution is -2.25. The fourth-order valence-corrected chi connectivity index (χ4v) is 2.81. The van der Waals surface area contributed by atoms with Crippen LogP contribution in [0.1, 0.15) is 13.8 Å². The van der Waals surface area contributed by atoms with E-state index in [2.05, 4.69) is 45.7 Å². The summed E-state index contributed by atoms with van der Waals surface area (Å²) in [6.07, 6.45) is 3.68. The fourth-order valence-electron chi connectivity index (χ4n) is 1.30. The molecule has 1 aromatic heterocycles. The van der Waals surface area contributed by atoms with Gasteiger partial charge in [-0.05, 0) is 35.1 Å². The molecule has 0 radical (unpaired) electrons. The third-order valence-electron chi connectivity index (χ3n) is 2.29. The first kappa shape index (κ1) is 13.0. The fraction of sp³-hybridized carbons (Fsp3) is 0.545. The lowest BCUT2D eigenvalue weighted by atomic mass is 10.5. The van der Waals surface area contributed by atoms with Crippen LogP contribution in [0.15, 0.2) is 27.8 Å². The molecule has 2 nitrogen and oxygen atoms in total.